The number of hydrogen-bond donors (Lipinski definition) is 1. The molecule has 0 saturated carbocycles. The Labute approximate surface area is 102 Å². The summed E-state index contributed by atoms with van der Waals surface area (Å²) in [6.07, 6.45) is 2.20. The fraction of sp³-hybridized carbons (Fsp3) is 0.538. The second-order valence-corrected chi connectivity index (χ2v) is 4.25. The third kappa shape index (κ3) is 3.11. The van der Waals surface area contributed by atoms with Gasteiger partial charge in [0, 0.05) is 18.8 Å². The summed E-state index contributed by atoms with van der Waals surface area (Å²) >= 11 is 0. The minimum atomic E-state index is 0.217. The molecule has 0 unspecified atom stereocenters. The third-order valence-electron chi connectivity index (χ3n) is 3.15. The quantitative estimate of drug-likeness (QED) is 0.812. The van der Waals surface area contributed by atoms with Gasteiger partial charge in [-0.25, -0.2) is 5.90 Å². The molecule has 1 aliphatic rings. The van der Waals surface area contributed by atoms with E-state index in [1.165, 1.54) is 5.69 Å². The Hall–Kier alpha value is -1.26. The van der Waals surface area contributed by atoms with Crippen LogP contribution in [0.15, 0.2) is 24.3 Å². The van der Waals surface area contributed by atoms with Crippen LogP contribution < -0.4 is 15.5 Å². The molecule has 1 aliphatic heterocycles. The summed E-state index contributed by atoms with van der Waals surface area (Å²) in [7, 11) is 0. The molecule has 94 valence electrons. The number of rotatable bonds is 4. The summed E-state index contributed by atoms with van der Waals surface area (Å²) in [5, 5.41) is 0. The van der Waals surface area contributed by atoms with Crippen LogP contribution >= 0.6 is 0 Å². The Balaban J connectivity index is 1.94. The van der Waals surface area contributed by atoms with E-state index in [4.69, 9.17) is 15.5 Å². The van der Waals surface area contributed by atoms with Crippen LogP contribution in [0.2, 0.25) is 0 Å². The lowest BCUT2D eigenvalue weighted by Gasteiger charge is -2.32. The van der Waals surface area contributed by atoms with E-state index in [9.17, 15) is 0 Å². The van der Waals surface area contributed by atoms with Gasteiger partial charge in [0.05, 0.1) is 12.7 Å². The summed E-state index contributed by atoms with van der Waals surface area (Å²) in [5.74, 6) is 6.13. The largest absolute Gasteiger partial charge is 0.494 e. The first-order valence-electron chi connectivity index (χ1n) is 6.17. The number of hydrogen-bond acceptors (Lipinski definition) is 4. The molecular weight excluding hydrogens is 216 g/mol. The molecule has 0 aromatic heterocycles. The molecule has 4 heteroatoms. The van der Waals surface area contributed by atoms with Gasteiger partial charge >= 0.3 is 0 Å². The summed E-state index contributed by atoms with van der Waals surface area (Å²) in [6.45, 7) is 4.69. The van der Waals surface area contributed by atoms with Crippen molar-refractivity contribution >= 4 is 5.69 Å². The van der Waals surface area contributed by atoms with Gasteiger partial charge in [0.2, 0.25) is 0 Å². The van der Waals surface area contributed by atoms with E-state index in [1.54, 1.807) is 0 Å². The molecule has 1 saturated heterocycles. The van der Waals surface area contributed by atoms with Crippen LogP contribution in [-0.4, -0.2) is 25.8 Å². The van der Waals surface area contributed by atoms with Crippen molar-refractivity contribution in [2.75, 3.05) is 24.6 Å². The Morgan fingerprint density at radius 3 is 2.41 bits per heavy atom. The predicted molar refractivity (Wildman–Crippen MR) is 68.1 cm³/mol. The maximum Gasteiger partial charge on any atom is 0.119 e. The zero-order valence-corrected chi connectivity index (χ0v) is 10.3. The average Bonchev–Trinajstić information content (AvgIpc) is 2.40. The van der Waals surface area contributed by atoms with Crippen molar-refractivity contribution in [3.63, 3.8) is 0 Å². The highest BCUT2D eigenvalue weighted by molar-refractivity contribution is 5.49. The molecule has 1 aromatic rings. The van der Waals surface area contributed by atoms with Crippen molar-refractivity contribution in [1.29, 1.82) is 0 Å². The number of nitrogens with two attached hydrogens (primary N) is 1. The molecule has 2 N–H and O–H groups in total. The fourth-order valence-corrected chi connectivity index (χ4v) is 2.17. The van der Waals surface area contributed by atoms with Crippen LogP contribution in [0.25, 0.3) is 0 Å². The fourth-order valence-electron chi connectivity index (χ4n) is 2.17. The highest BCUT2D eigenvalue weighted by Gasteiger charge is 2.19. The van der Waals surface area contributed by atoms with Gasteiger partial charge in [0.25, 0.3) is 0 Å². The number of nitrogens with zero attached hydrogens (tertiary/aromatic N) is 1. The van der Waals surface area contributed by atoms with Crippen LogP contribution in [0, 0.1) is 0 Å². The lowest BCUT2D eigenvalue weighted by Crippen LogP contribution is -2.37. The van der Waals surface area contributed by atoms with Gasteiger partial charge in [-0.05, 0) is 44.0 Å². The molecule has 2 rings (SSSR count). The molecule has 0 bridgehead atoms. The molecule has 4 nitrogen and oxygen atoms in total. The van der Waals surface area contributed by atoms with Gasteiger partial charge in [-0.15, -0.1) is 0 Å². The standard InChI is InChI=1S/C13H20N2O2/c1-2-16-12-5-3-11(4-6-12)15-9-7-13(17-14)8-10-15/h3-6,13H,2,7-10,14H2,1H3. The molecule has 0 amide bonds. The highest BCUT2D eigenvalue weighted by Crippen LogP contribution is 2.23. The van der Waals surface area contributed by atoms with Crippen molar-refractivity contribution in [3.05, 3.63) is 24.3 Å². The van der Waals surface area contributed by atoms with Gasteiger partial charge in [-0.1, -0.05) is 0 Å². The zero-order valence-electron chi connectivity index (χ0n) is 10.3. The third-order valence-corrected chi connectivity index (χ3v) is 3.15. The summed E-state index contributed by atoms with van der Waals surface area (Å²) in [6, 6.07) is 8.25. The van der Waals surface area contributed by atoms with Gasteiger partial charge in [0.1, 0.15) is 5.75 Å². The van der Waals surface area contributed by atoms with Crippen LogP contribution in [0.4, 0.5) is 5.69 Å². The normalized spacial score (nSPS) is 17.2. The van der Waals surface area contributed by atoms with Crippen molar-refractivity contribution < 1.29 is 9.57 Å². The lowest BCUT2D eigenvalue weighted by molar-refractivity contribution is 0.0367. The minimum Gasteiger partial charge on any atom is -0.494 e. The topological polar surface area (TPSA) is 47.7 Å². The predicted octanol–water partition coefficient (Wildman–Crippen LogP) is 1.94. The molecule has 1 fully saturated rings. The average molecular weight is 236 g/mol. The van der Waals surface area contributed by atoms with Crippen molar-refractivity contribution in [2.45, 2.75) is 25.9 Å². The zero-order chi connectivity index (χ0) is 12.1. The number of anilines is 1. The number of benzene rings is 1. The maximum absolute atomic E-state index is 5.43. The molecule has 0 aliphatic carbocycles. The van der Waals surface area contributed by atoms with E-state index in [-0.39, 0.29) is 6.10 Å². The highest BCUT2D eigenvalue weighted by atomic mass is 16.6. The summed E-state index contributed by atoms with van der Waals surface area (Å²) in [4.78, 5) is 7.23. The second kappa shape index (κ2) is 5.89. The molecule has 1 aromatic carbocycles. The Morgan fingerprint density at radius 2 is 1.88 bits per heavy atom. The van der Waals surface area contributed by atoms with E-state index < -0.39 is 0 Å². The van der Waals surface area contributed by atoms with Crippen molar-refractivity contribution in [1.82, 2.24) is 0 Å². The van der Waals surface area contributed by atoms with E-state index in [2.05, 4.69) is 17.0 Å². The van der Waals surface area contributed by atoms with E-state index in [0.29, 0.717) is 6.61 Å². The molecular formula is C13H20N2O2. The summed E-state index contributed by atoms with van der Waals surface area (Å²) < 4.78 is 5.43. The van der Waals surface area contributed by atoms with E-state index >= 15 is 0 Å². The first-order chi connectivity index (χ1) is 8.33. The molecule has 0 spiro atoms. The number of piperidine rings is 1. The Bertz CT molecular complexity index is 332. The Kier molecular flexibility index (Phi) is 4.23. The van der Waals surface area contributed by atoms with E-state index in [0.717, 1.165) is 31.7 Å². The molecule has 0 atom stereocenters. The van der Waals surface area contributed by atoms with Crippen LogP contribution in [0.3, 0.4) is 0 Å². The Morgan fingerprint density at radius 1 is 1.24 bits per heavy atom. The smallest absolute Gasteiger partial charge is 0.119 e. The lowest BCUT2D eigenvalue weighted by atomic mass is 10.1. The number of ether oxygens (including phenoxy) is 1. The van der Waals surface area contributed by atoms with Crippen molar-refractivity contribution in [3.8, 4) is 5.75 Å². The van der Waals surface area contributed by atoms with Crippen LogP contribution in [0.1, 0.15) is 19.8 Å². The van der Waals surface area contributed by atoms with Crippen molar-refractivity contribution in [2.24, 2.45) is 5.90 Å². The minimum absolute atomic E-state index is 0.217. The van der Waals surface area contributed by atoms with Gasteiger partial charge < -0.3 is 14.5 Å². The molecule has 0 radical (unpaired) electrons. The van der Waals surface area contributed by atoms with Gasteiger partial charge in [-0.2, -0.15) is 0 Å². The van der Waals surface area contributed by atoms with Crippen LogP contribution in [-0.2, 0) is 4.84 Å². The monoisotopic (exact) mass is 236 g/mol. The van der Waals surface area contributed by atoms with Gasteiger partial charge in [0.15, 0.2) is 0 Å². The first kappa shape index (κ1) is 12.2. The van der Waals surface area contributed by atoms with Gasteiger partial charge in [-0.3, -0.25) is 0 Å². The van der Waals surface area contributed by atoms with E-state index in [1.807, 2.05) is 19.1 Å². The molecule has 1 heterocycles. The molecule has 17 heavy (non-hydrogen) atoms. The maximum atomic E-state index is 5.43. The SMILES string of the molecule is CCOc1ccc(N2CCC(ON)CC2)cc1. The summed E-state index contributed by atoms with van der Waals surface area (Å²) in [5.41, 5.74) is 1.24. The second-order valence-electron chi connectivity index (χ2n) is 4.25. The first-order valence-corrected chi connectivity index (χ1v) is 6.17. The van der Waals surface area contributed by atoms with Crippen LogP contribution in [0.5, 0.6) is 5.75 Å².